The first-order chi connectivity index (χ1) is 9.88. The normalized spacial score (nSPS) is 13.0. The molecule has 0 aliphatic heterocycles. The summed E-state index contributed by atoms with van der Waals surface area (Å²) >= 11 is 8.60. The molecule has 0 radical (unpaired) electrons. The van der Waals surface area contributed by atoms with Crippen molar-refractivity contribution >= 4 is 39.2 Å². The number of fused-ring (bicyclic) bond motifs is 1. The Labute approximate surface area is 134 Å². The van der Waals surface area contributed by atoms with Crippen molar-refractivity contribution in [3.63, 3.8) is 0 Å². The number of halogens is 2. The molecule has 6 heteroatoms. The van der Waals surface area contributed by atoms with Gasteiger partial charge in [0.25, 0.3) is 0 Å². The number of aromatic nitrogens is 2. The number of furan rings is 1. The first kappa shape index (κ1) is 14.5. The maximum atomic E-state index is 13.9. The Balaban J connectivity index is 2.24. The van der Waals surface area contributed by atoms with E-state index in [4.69, 9.17) is 16.6 Å². The number of hydrogen-bond donors (Lipinski definition) is 1. The van der Waals surface area contributed by atoms with Crippen molar-refractivity contribution in [1.29, 1.82) is 0 Å². The van der Waals surface area contributed by atoms with Gasteiger partial charge >= 0.3 is 0 Å². The standard InChI is InChI=1S/C15H14BrFN2OS/c1-7-4-10(9(3)20-7)8(2)19-14-6-12(17)11(16)5-13(14)18-15(19)21/h4-6,8H,1-3H3,(H,18,21). The Kier molecular flexibility index (Phi) is 3.53. The Hall–Kier alpha value is -1.40. The van der Waals surface area contributed by atoms with Crippen molar-refractivity contribution in [2.24, 2.45) is 0 Å². The summed E-state index contributed by atoms with van der Waals surface area (Å²) < 4.78 is 22.3. The molecule has 0 amide bonds. The van der Waals surface area contributed by atoms with E-state index in [1.54, 1.807) is 6.07 Å². The minimum absolute atomic E-state index is 0.0377. The highest BCUT2D eigenvalue weighted by Crippen LogP contribution is 2.30. The fourth-order valence-electron chi connectivity index (χ4n) is 2.71. The van der Waals surface area contributed by atoms with Crippen LogP contribution in [0.5, 0.6) is 0 Å². The van der Waals surface area contributed by atoms with Gasteiger partial charge in [0.15, 0.2) is 4.77 Å². The van der Waals surface area contributed by atoms with Crippen molar-refractivity contribution in [2.75, 3.05) is 0 Å². The van der Waals surface area contributed by atoms with Gasteiger partial charge in [-0.05, 0) is 61.1 Å². The lowest BCUT2D eigenvalue weighted by Crippen LogP contribution is -2.07. The van der Waals surface area contributed by atoms with Gasteiger partial charge in [-0.25, -0.2) is 4.39 Å². The summed E-state index contributed by atoms with van der Waals surface area (Å²) in [6, 6.07) is 5.15. The summed E-state index contributed by atoms with van der Waals surface area (Å²) in [4.78, 5) is 3.12. The Bertz CT molecular complexity index is 893. The van der Waals surface area contributed by atoms with Crippen molar-refractivity contribution in [1.82, 2.24) is 9.55 Å². The molecule has 3 rings (SSSR count). The monoisotopic (exact) mass is 368 g/mol. The maximum Gasteiger partial charge on any atom is 0.178 e. The van der Waals surface area contributed by atoms with E-state index in [2.05, 4.69) is 20.9 Å². The van der Waals surface area contributed by atoms with Crippen LogP contribution in [0.15, 0.2) is 27.1 Å². The molecule has 2 heterocycles. The minimum atomic E-state index is -0.308. The highest BCUT2D eigenvalue weighted by atomic mass is 79.9. The Morgan fingerprint density at radius 1 is 1.33 bits per heavy atom. The third-order valence-corrected chi connectivity index (χ3v) is 4.58. The molecule has 1 atom stereocenters. The summed E-state index contributed by atoms with van der Waals surface area (Å²) in [5.74, 6) is 1.40. The maximum absolute atomic E-state index is 13.9. The van der Waals surface area contributed by atoms with Crippen molar-refractivity contribution in [3.8, 4) is 0 Å². The van der Waals surface area contributed by atoms with Gasteiger partial charge in [-0.15, -0.1) is 0 Å². The average molecular weight is 369 g/mol. The van der Waals surface area contributed by atoms with Gasteiger partial charge in [-0.1, -0.05) is 0 Å². The number of aryl methyl sites for hydroxylation is 2. The molecule has 1 N–H and O–H groups in total. The molecule has 0 fully saturated rings. The number of nitrogens with one attached hydrogen (secondary N) is 1. The van der Waals surface area contributed by atoms with E-state index in [1.165, 1.54) is 6.07 Å². The largest absolute Gasteiger partial charge is 0.466 e. The van der Waals surface area contributed by atoms with Crippen LogP contribution < -0.4 is 0 Å². The molecule has 21 heavy (non-hydrogen) atoms. The summed E-state index contributed by atoms with van der Waals surface area (Å²) in [5.41, 5.74) is 2.59. The fraction of sp³-hybridized carbons (Fsp3) is 0.267. The third kappa shape index (κ3) is 2.36. The molecule has 0 saturated carbocycles. The highest BCUT2D eigenvalue weighted by molar-refractivity contribution is 9.10. The molecule has 0 spiro atoms. The predicted octanol–water partition coefficient (Wildman–Crippen LogP) is 5.42. The molecule has 0 aliphatic carbocycles. The van der Waals surface area contributed by atoms with E-state index in [9.17, 15) is 4.39 Å². The number of imidazole rings is 1. The van der Waals surface area contributed by atoms with Crippen LogP contribution in [0.4, 0.5) is 4.39 Å². The number of H-pyrrole nitrogens is 1. The van der Waals surface area contributed by atoms with Crippen LogP contribution in [0, 0.1) is 24.4 Å². The molecule has 3 aromatic rings. The number of hydrogen-bond acceptors (Lipinski definition) is 2. The van der Waals surface area contributed by atoms with Crippen LogP contribution >= 0.6 is 28.1 Å². The number of benzene rings is 1. The topological polar surface area (TPSA) is 33.9 Å². The van der Waals surface area contributed by atoms with Gasteiger partial charge in [0.2, 0.25) is 0 Å². The second-order valence-corrected chi connectivity index (χ2v) is 6.37. The van der Waals surface area contributed by atoms with Crippen molar-refractivity contribution in [3.05, 3.63) is 50.3 Å². The van der Waals surface area contributed by atoms with Gasteiger partial charge < -0.3 is 14.0 Å². The van der Waals surface area contributed by atoms with Gasteiger partial charge in [0, 0.05) is 11.6 Å². The lowest BCUT2D eigenvalue weighted by atomic mass is 10.1. The molecule has 0 saturated heterocycles. The Morgan fingerprint density at radius 3 is 2.67 bits per heavy atom. The zero-order valence-corrected chi connectivity index (χ0v) is 14.2. The number of aromatic amines is 1. The minimum Gasteiger partial charge on any atom is -0.466 e. The van der Waals surface area contributed by atoms with E-state index < -0.39 is 0 Å². The number of rotatable bonds is 2. The molecule has 0 bridgehead atoms. The van der Waals surface area contributed by atoms with Crippen molar-refractivity contribution < 1.29 is 8.81 Å². The van der Waals surface area contributed by atoms with Crippen LogP contribution in [0.25, 0.3) is 11.0 Å². The van der Waals surface area contributed by atoms with E-state index in [1.807, 2.05) is 31.4 Å². The molecule has 1 aromatic carbocycles. The van der Waals surface area contributed by atoms with E-state index in [-0.39, 0.29) is 11.9 Å². The third-order valence-electron chi connectivity index (χ3n) is 3.68. The van der Waals surface area contributed by atoms with Gasteiger partial charge in [0.05, 0.1) is 21.5 Å². The SMILES string of the molecule is Cc1cc(C(C)n2c(=S)[nH]c3cc(Br)c(F)cc32)c(C)o1. The smallest absolute Gasteiger partial charge is 0.178 e. The molecule has 2 aromatic heterocycles. The zero-order valence-electron chi connectivity index (χ0n) is 11.8. The van der Waals surface area contributed by atoms with Crippen LogP contribution in [0.3, 0.4) is 0 Å². The van der Waals surface area contributed by atoms with Crippen LogP contribution in [0.2, 0.25) is 0 Å². The summed E-state index contributed by atoms with van der Waals surface area (Å²) in [7, 11) is 0. The summed E-state index contributed by atoms with van der Waals surface area (Å²) in [5, 5.41) is 0. The molecule has 110 valence electrons. The van der Waals surface area contributed by atoms with Crippen molar-refractivity contribution in [2.45, 2.75) is 26.8 Å². The summed E-state index contributed by atoms with van der Waals surface area (Å²) in [6.07, 6.45) is 0. The van der Waals surface area contributed by atoms with E-state index in [0.717, 1.165) is 28.1 Å². The second kappa shape index (κ2) is 5.10. The van der Waals surface area contributed by atoms with E-state index >= 15 is 0 Å². The fourth-order valence-corrected chi connectivity index (χ4v) is 3.42. The van der Waals surface area contributed by atoms with Gasteiger partial charge in [-0.3, -0.25) is 0 Å². The van der Waals surface area contributed by atoms with Crippen LogP contribution in [-0.4, -0.2) is 9.55 Å². The molecular formula is C15H14BrFN2OS. The van der Waals surface area contributed by atoms with Crippen LogP contribution in [-0.2, 0) is 0 Å². The zero-order chi connectivity index (χ0) is 15.3. The first-order valence-electron chi connectivity index (χ1n) is 6.54. The molecule has 3 nitrogen and oxygen atoms in total. The number of nitrogens with zero attached hydrogens (tertiary/aromatic N) is 1. The van der Waals surface area contributed by atoms with E-state index in [0.29, 0.717) is 9.24 Å². The molecular weight excluding hydrogens is 355 g/mol. The quantitative estimate of drug-likeness (QED) is 0.612. The lowest BCUT2D eigenvalue weighted by Gasteiger charge is -2.14. The lowest BCUT2D eigenvalue weighted by molar-refractivity contribution is 0.495. The molecule has 0 aliphatic rings. The van der Waals surface area contributed by atoms with Crippen LogP contribution in [0.1, 0.15) is 30.0 Å². The van der Waals surface area contributed by atoms with Gasteiger partial charge in [-0.2, -0.15) is 0 Å². The average Bonchev–Trinajstić information content (AvgIpc) is 2.89. The molecule has 1 unspecified atom stereocenters. The highest BCUT2D eigenvalue weighted by Gasteiger charge is 2.18. The van der Waals surface area contributed by atoms with Gasteiger partial charge in [0.1, 0.15) is 17.3 Å². The first-order valence-corrected chi connectivity index (χ1v) is 7.75. The second-order valence-electron chi connectivity index (χ2n) is 5.13. The Morgan fingerprint density at radius 2 is 2.05 bits per heavy atom. The predicted molar refractivity (Wildman–Crippen MR) is 86.8 cm³/mol. The summed E-state index contributed by atoms with van der Waals surface area (Å²) in [6.45, 7) is 5.86.